The summed E-state index contributed by atoms with van der Waals surface area (Å²) in [6.07, 6.45) is 11.8. The van der Waals surface area contributed by atoms with Gasteiger partial charge in [-0.2, -0.15) is 0 Å². The Balaban J connectivity index is 2.13. The molecular formula is C20H28O2. The summed E-state index contributed by atoms with van der Waals surface area (Å²) in [4.78, 5) is 11.9. The highest BCUT2D eigenvalue weighted by Crippen LogP contribution is 2.61. The zero-order valence-corrected chi connectivity index (χ0v) is 14.1. The van der Waals surface area contributed by atoms with E-state index in [0.29, 0.717) is 11.8 Å². The summed E-state index contributed by atoms with van der Waals surface area (Å²) in [6, 6.07) is 0. The number of allylic oxidation sites excluding steroid dienone is 5. The first-order valence-corrected chi connectivity index (χ1v) is 8.62. The number of aliphatic carboxylic acids is 1. The van der Waals surface area contributed by atoms with Crippen molar-refractivity contribution in [3.63, 3.8) is 0 Å². The van der Waals surface area contributed by atoms with Gasteiger partial charge < -0.3 is 5.11 Å². The Morgan fingerprint density at radius 3 is 2.73 bits per heavy atom. The minimum absolute atomic E-state index is 0.0733. The first-order chi connectivity index (χ1) is 10.3. The summed E-state index contributed by atoms with van der Waals surface area (Å²) in [6.45, 7) is 10.6. The monoisotopic (exact) mass is 300 g/mol. The maximum atomic E-state index is 11.9. The average molecular weight is 300 g/mol. The summed E-state index contributed by atoms with van der Waals surface area (Å²) < 4.78 is 0. The molecule has 3 rings (SSSR count). The standard InChI is InChI=1S/C20H28O2/c1-5-14-13(2)7-9-16-15(14)8-10-17-19(16,3)11-6-12-20(17,4)18(21)22/h5,8,10,13,16-17H,1,6-7,9,11-12H2,2-4H3,(H,21,22)/t13-,16?,17?,19-,20-/m1/s1. The zero-order chi connectivity index (χ0) is 16.1. The van der Waals surface area contributed by atoms with E-state index in [9.17, 15) is 9.90 Å². The van der Waals surface area contributed by atoms with Crippen LogP contribution in [0.5, 0.6) is 0 Å². The summed E-state index contributed by atoms with van der Waals surface area (Å²) >= 11 is 0. The van der Waals surface area contributed by atoms with Crippen LogP contribution in [0.4, 0.5) is 0 Å². The number of carbonyl (C=O) groups is 1. The molecule has 2 nitrogen and oxygen atoms in total. The van der Waals surface area contributed by atoms with Gasteiger partial charge in [0.15, 0.2) is 0 Å². The van der Waals surface area contributed by atoms with E-state index < -0.39 is 11.4 Å². The van der Waals surface area contributed by atoms with Crippen molar-refractivity contribution in [2.24, 2.45) is 28.6 Å². The number of hydrogen-bond donors (Lipinski definition) is 1. The summed E-state index contributed by atoms with van der Waals surface area (Å²) in [7, 11) is 0. The van der Waals surface area contributed by atoms with Crippen LogP contribution in [0.25, 0.3) is 0 Å². The molecule has 0 radical (unpaired) electrons. The predicted molar refractivity (Wildman–Crippen MR) is 89.4 cm³/mol. The molecule has 0 amide bonds. The van der Waals surface area contributed by atoms with Crippen molar-refractivity contribution < 1.29 is 9.90 Å². The molecule has 2 unspecified atom stereocenters. The smallest absolute Gasteiger partial charge is 0.309 e. The first kappa shape index (κ1) is 15.6. The van der Waals surface area contributed by atoms with Crippen molar-refractivity contribution in [1.29, 1.82) is 0 Å². The van der Waals surface area contributed by atoms with Crippen molar-refractivity contribution in [3.8, 4) is 0 Å². The van der Waals surface area contributed by atoms with Gasteiger partial charge in [-0.3, -0.25) is 4.79 Å². The van der Waals surface area contributed by atoms with Gasteiger partial charge in [-0.1, -0.05) is 45.1 Å². The molecule has 1 N–H and O–H groups in total. The molecule has 0 saturated heterocycles. The van der Waals surface area contributed by atoms with Crippen LogP contribution in [0.2, 0.25) is 0 Å². The fourth-order valence-electron chi connectivity index (χ4n) is 5.57. The molecule has 2 heteroatoms. The second kappa shape index (κ2) is 5.11. The SMILES string of the molecule is C=CC1=C2C=CC3[C@](C)(CCC[C@@]3(C)C(=O)O)C2CC[C@H]1C. The second-order valence-electron chi connectivity index (χ2n) is 8.06. The van der Waals surface area contributed by atoms with Crippen molar-refractivity contribution in [2.75, 3.05) is 0 Å². The van der Waals surface area contributed by atoms with E-state index in [4.69, 9.17) is 0 Å². The normalized spacial score (nSPS) is 44.2. The van der Waals surface area contributed by atoms with E-state index in [-0.39, 0.29) is 11.3 Å². The Morgan fingerprint density at radius 2 is 2.09 bits per heavy atom. The molecule has 1 saturated carbocycles. The Kier molecular flexibility index (Phi) is 3.62. The van der Waals surface area contributed by atoms with Crippen LogP contribution in [-0.2, 0) is 4.79 Å². The molecule has 3 aliphatic rings. The molecule has 0 aromatic rings. The minimum Gasteiger partial charge on any atom is -0.481 e. The topological polar surface area (TPSA) is 37.3 Å². The lowest BCUT2D eigenvalue weighted by Gasteiger charge is -2.56. The number of carboxylic acid groups (broad SMARTS) is 1. The van der Waals surface area contributed by atoms with Crippen LogP contribution in [0, 0.1) is 28.6 Å². The molecular weight excluding hydrogens is 272 g/mol. The Hall–Kier alpha value is -1.31. The molecule has 1 fully saturated rings. The van der Waals surface area contributed by atoms with Gasteiger partial charge in [-0.15, -0.1) is 0 Å². The quantitative estimate of drug-likeness (QED) is 0.780. The van der Waals surface area contributed by atoms with E-state index in [1.165, 1.54) is 24.0 Å². The molecule has 5 atom stereocenters. The molecule has 120 valence electrons. The van der Waals surface area contributed by atoms with Gasteiger partial charge >= 0.3 is 5.97 Å². The highest BCUT2D eigenvalue weighted by atomic mass is 16.4. The molecule has 22 heavy (non-hydrogen) atoms. The Bertz CT molecular complexity index is 570. The summed E-state index contributed by atoms with van der Waals surface area (Å²) in [5, 5.41) is 9.83. The van der Waals surface area contributed by atoms with Gasteiger partial charge in [0.25, 0.3) is 0 Å². The largest absolute Gasteiger partial charge is 0.481 e. The van der Waals surface area contributed by atoms with Crippen LogP contribution in [0.1, 0.15) is 52.9 Å². The van der Waals surface area contributed by atoms with Crippen molar-refractivity contribution in [3.05, 3.63) is 36.0 Å². The lowest BCUT2D eigenvalue weighted by molar-refractivity contribution is -0.159. The van der Waals surface area contributed by atoms with E-state index >= 15 is 0 Å². The fraction of sp³-hybridized carbons (Fsp3) is 0.650. The van der Waals surface area contributed by atoms with Gasteiger partial charge in [-0.05, 0) is 66.9 Å². The van der Waals surface area contributed by atoms with Gasteiger partial charge in [0.1, 0.15) is 0 Å². The Morgan fingerprint density at radius 1 is 1.36 bits per heavy atom. The third-order valence-electron chi connectivity index (χ3n) is 6.91. The lowest BCUT2D eigenvalue weighted by atomic mass is 9.47. The van der Waals surface area contributed by atoms with Gasteiger partial charge in [-0.25, -0.2) is 0 Å². The van der Waals surface area contributed by atoms with Gasteiger partial charge in [0.05, 0.1) is 5.41 Å². The van der Waals surface area contributed by atoms with E-state index in [0.717, 1.165) is 19.3 Å². The lowest BCUT2D eigenvalue weighted by Crippen LogP contribution is -2.52. The summed E-state index contributed by atoms with van der Waals surface area (Å²) in [5.41, 5.74) is 2.27. The highest BCUT2D eigenvalue weighted by molar-refractivity contribution is 5.75. The van der Waals surface area contributed by atoms with E-state index in [1.807, 2.05) is 13.0 Å². The minimum atomic E-state index is -0.631. The molecule has 0 aromatic carbocycles. The highest BCUT2D eigenvalue weighted by Gasteiger charge is 2.57. The number of hydrogen-bond acceptors (Lipinski definition) is 1. The van der Waals surface area contributed by atoms with Crippen LogP contribution >= 0.6 is 0 Å². The molecule has 3 aliphatic carbocycles. The third kappa shape index (κ3) is 1.96. The third-order valence-corrected chi connectivity index (χ3v) is 6.91. The maximum absolute atomic E-state index is 11.9. The fourth-order valence-corrected chi connectivity index (χ4v) is 5.57. The number of rotatable bonds is 2. The zero-order valence-electron chi connectivity index (χ0n) is 14.1. The van der Waals surface area contributed by atoms with Crippen molar-refractivity contribution >= 4 is 5.97 Å². The molecule has 0 spiro atoms. The van der Waals surface area contributed by atoms with Crippen LogP contribution < -0.4 is 0 Å². The van der Waals surface area contributed by atoms with Crippen LogP contribution in [-0.4, -0.2) is 11.1 Å². The number of carboxylic acids is 1. The average Bonchev–Trinajstić information content (AvgIpc) is 2.46. The maximum Gasteiger partial charge on any atom is 0.309 e. The van der Waals surface area contributed by atoms with Crippen molar-refractivity contribution in [2.45, 2.75) is 52.9 Å². The van der Waals surface area contributed by atoms with E-state index in [1.54, 1.807) is 0 Å². The van der Waals surface area contributed by atoms with Crippen LogP contribution in [0.15, 0.2) is 36.0 Å². The van der Waals surface area contributed by atoms with Gasteiger partial charge in [0, 0.05) is 0 Å². The molecule has 0 bridgehead atoms. The Labute approximate surface area is 134 Å². The molecule has 0 heterocycles. The van der Waals surface area contributed by atoms with Gasteiger partial charge in [0.2, 0.25) is 0 Å². The van der Waals surface area contributed by atoms with Crippen molar-refractivity contribution in [1.82, 2.24) is 0 Å². The molecule has 0 aromatic heterocycles. The molecule has 0 aliphatic heterocycles. The van der Waals surface area contributed by atoms with E-state index in [2.05, 4.69) is 32.6 Å². The predicted octanol–water partition coefficient (Wildman–Crippen LogP) is 4.98. The summed E-state index contributed by atoms with van der Waals surface area (Å²) in [5.74, 6) is 0.571. The number of fused-ring (bicyclic) bond motifs is 3. The first-order valence-electron chi connectivity index (χ1n) is 8.62. The second-order valence-corrected chi connectivity index (χ2v) is 8.06. The van der Waals surface area contributed by atoms with Crippen LogP contribution in [0.3, 0.4) is 0 Å².